The second-order valence-corrected chi connectivity index (χ2v) is 10.9. The maximum absolute atomic E-state index is 3.19. The van der Waals surface area contributed by atoms with Crippen LogP contribution < -0.4 is 0 Å². The van der Waals surface area contributed by atoms with Crippen LogP contribution in [-0.2, 0) is 15.0 Å². The molecule has 0 aliphatic carbocycles. The van der Waals surface area contributed by atoms with Crippen molar-refractivity contribution in [1.82, 2.24) is 0 Å². The van der Waals surface area contributed by atoms with E-state index in [9.17, 15) is 0 Å². The van der Waals surface area contributed by atoms with Gasteiger partial charge in [0.25, 0.3) is 0 Å². The molecule has 0 unspecified atom stereocenters. The third-order valence-electron chi connectivity index (χ3n) is 1.66. The van der Waals surface area contributed by atoms with Gasteiger partial charge in [0.15, 0.2) is 0 Å². The van der Waals surface area contributed by atoms with E-state index in [4.69, 9.17) is 0 Å². The number of hydrogen-bond donors (Lipinski definition) is 0. The minimum atomic E-state index is 0.125. The predicted molar refractivity (Wildman–Crippen MR) is 71.4 cm³/mol. The van der Waals surface area contributed by atoms with Crippen LogP contribution in [0.1, 0.15) is 11.1 Å². The summed E-state index contributed by atoms with van der Waals surface area (Å²) in [5, 5.41) is 0. The summed E-state index contributed by atoms with van der Waals surface area (Å²) >= 11 is 6.50. The molecule has 0 amide bonds. The number of hydrogen-bond acceptors (Lipinski definition) is 0. The van der Waals surface area contributed by atoms with Crippen molar-refractivity contribution >= 4 is 26.3 Å². The van der Waals surface area contributed by atoms with Crippen molar-refractivity contribution in [3.8, 4) is 0 Å². The first-order valence-corrected chi connectivity index (χ1v) is 12.3. The SMILES string of the molecule is C[c-]1cccc1.C[c-]1cccc1.[Br][Ti][Br]. The van der Waals surface area contributed by atoms with Gasteiger partial charge >= 0.3 is 41.3 Å². The van der Waals surface area contributed by atoms with Crippen molar-refractivity contribution in [2.45, 2.75) is 13.8 Å². The first-order chi connectivity index (χ1) is 7.20. The van der Waals surface area contributed by atoms with Crippen molar-refractivity contribution in [3.05, 3.63) is 59.7 Å². The van der Waals surface area contributed by atoms with Crippen molar-refractivity contribution < 1.29 is 15.0 Å². The minimum absolute atomic E-state index is 0.125. The van der Waals surface area contributed by atoms with E-state index in [0.717, 1.165) is 0 Å². The van der Waals surface area contributed by atoms with Gasteiger partial charge in [0, 0.05) is 0 Å². The monoisotopic (exact) mass is 364 g/mol. The van der Waals surface area contributed by atoms with E-state index in [2.05, 4.69) is 64.4 Å². The Balaban J connectivity index is 0.000000210. The predicted octanol–water partition coefficient (Wildman–Crippen LogP) is 5.12. The zero-order chi connectivity index (χ0) is 11.5. The Morgan fingerprint density at radius 1 is 0.733 bits per heavy atom. The second-order valence-electron chi connectivity index (χ2n) is 3.00. The summed E-state index contributed by atoms with van der Waals surface area (Å²) in [6.45, 7) is 4.17. The molecular formula is C12H14Br2Ti-2. The van der Waals surface area contributed by atoms with Crippen molar-refractivity contribution in [3.63, 3.8) is 0 Å². The Bertz CT molecular complexity index is 266. The van der Waals surface area contributed by atoms with Crippen LogP contribution >= 0.6 is 26.3 Å². The van der Waals surface area contributed by atoms with Gasteiger partial charge in [-0.2, -0.15) is 35.4 Å². The molecule has 2 aromatic rings. The fourth-order valence-corrected chi connectivity index (χ4v) is 0.940. The van der Waals surface area contributed by atoms with Crippen LogP contribution in [-0.4, -0.2) is 0 Å². The molecule has 0 fully saturated rings. The van der Waals surface area contributed by atoms with Gasteiger partial charge in [0.2, 0.25) is 0 Å². The standard InChI is InChI=1S/2C6H7.2BrH.Ti/c2*1-6-4-2-3-5-6;;;/h2*2-5H,1H3;2*1H;/q2*-1;;;+2/p-2. The molecule has 0 aromatic heterocycles. The summed E-state index contributed by atoms with van der Waals surface area (Å²) in [6.07, 6.45) is 0. The Morgan fingerprint density at radius 2 is 0.933 bits per heavy atom. The number of halogens is 2. The van der Waals surface area contributed by atoms with E-state index in [1.54, 1.807) is 0 Å². The molecule has 0 saturated heterocycles. The van der Waals surface area contributed by atoms with E-state index in [-0.39, 0.29) is 15.0 Å². The third-order valence-corrected chi connectivity index (χ3v) is 1.66. The molecule has 0 atom stereocenters. The molecule has 15 heavy (non-hydrogen) atoms. The van der Waals surface area contributed by atoms with Gasteiger partial charge in [-0.3, -0.25) is 0 Å². The van der Waals surface area contributed by atoms with Gasteiger partial charge in [-0.25, -0.2) is 24.3 Å². The first-order valence-electron chi connectivity index (χ1n) is 4.53. The fraction of sp³-hybridized carbons (Fsp3) is 0.167. The van der Waals surface area contributed by atoms with E-state index < -0.39 is 0 Å². The second kappa shape index (κ2) is 10.9. The summed E-state index contributed by atoms with van der Waals surface area (Å²) in [7, 11) is 0. The van der Waals surface area contributed by atoms with Crippen LogP contribution in [0, 0.1) is 13.8 Å². The molecule has 0 nitrogen and oxygen atoms in total. The maximum atomic E-state index is 3.19. The molecule has 0 aliphatic rings. The van der Waals surface area contributed by atoms with Crippen LogP contribution in [0.2, 0.25) is 0 Å². The molecule has 0 saturated carbocycles. The van der Waals surface area contributed by atoms with E-state index in [1.165, 1.54) is 11.1 Å². The summed E-state index contributed by atoms with van der Waals surface area (Å²) < 4.78 is 0. The molecular weight excluding hydrogens is 352 g/mol. The molecule has 2 aromatic carbocycles. The number of rotatable bonds is 0. The van der Waals surface area contributed by atoms with Gasteiger partial charge < -0.3 is 0 Å². The average Bonchev–Trinajstić information content (AvgIpc) is 2.81. The summed E-state index contributed by atoms with van der Waals surface area (Å²) in [4.78, 5) is 0. The van der Waals surface area contributed by atoms with Crippen molar-refractivity contribution in [2.75, 3.05) is 0 Å². The molecule has 82 valence electrons. The van der Waals surface area contributed by atoms with Gasteiger partial charge in [0.1, 0.15) is 0 Å². The number of aryl methyl sites for hydroxylation is 2. The normalized spacial score (nSPS) is 8.00. The Hall–Kier alpha value is 0.374. The van der Waals surface area contributed by atoms with Crippen LogP contribution in [0.4, 0.5) is 0 Å². The molecule has 0 heterocycles. The van der Waals surface area contributed by atoms with Crippen LogP contribution in [0.3, 0.4) is 0 Å². The summed E-state index contributed by atoms with van der Waals surface area (Å²) in [6, 6.07) is 16.5. The van der Waals surface area contributed by atoms with Crippen LogP contribution in [0.5, 0.6) is 0 Å². The van der Waals surface area contributed by atoms with Gasteiger partial charge in [-0.1, -0.05) is 13.8 Å². The summed E-state index contributed by atoms with van der Waals surface area (Å²) in [5.41, 5.74) is 2.69. The van der Waals surface area contributed by atoms with Gasteiger partial charge in [0.05, 0.1) is 0 Å². The van der Waals surface area contributed by atoms with Crippen LogP contribution in [0.15, 0.2) is 48.5 Å². The van der Waals surface area contributed by atoms with E-state index in [0.29, 0.717) is 0 Å². The van der Waals surface area contributed by atoms with Gasteiger partial charge in [-0.15, -0.1) is 0 Å². The van der Waals surface area contributed by atoms with Crippen molar-refractivity contribution in [2.24, 2.45) is 0 Å². The van der Waals surface area contributed by atoms with Gasteiger partial charge in [-0.05, 0) is 0 Å². The molecule has 0 bridgehead atoms. The Morgan fingerprint density at radius 3 is 1.00 bits per heavy atom. The fourth-order valence-electron chi connectivity index (χ4n) is 0.940. The third kappa shape index (κ3) is 10.7. The molecule has 0 radical (unpaired) electrons. The molecule has 2 rings (SSSR count). The zero-order valence-corrected chi connectivity index (χ0v) is 13.6. The topological polar surface area (TPSA) is 0 Å². The molecule has 0 aliphatic heterocycles. The Labute approximate surface area is 114 Å². The van der Waals surface area contributed by atoms with E-state index in [1.807, 2.05) is 24.3 Å². The zero-order valence-electron chi connectivity index (χ0n) is 8.87. The first kappa shape index (κ1) is 15.4. The molecule has 0 N–H and O–H groups in total. The average molecular weight is 366 g/mol. The van der Waals surface area contributed by atoms with Crippen LogP contribution in [0.25, 0.3) is 0 Å². The molecule has 3 heteroatoms. The Kier molecular flexibility index (Phi) is 11.1. The van der Waals surface area contributed by atoms with Crippen molar-refractivity contribution in [1.29, 1.82) is 0 Å². The quantitative estimate of drug-likeness (QED) is 0.449. The molecule has 0 spiro atoms. The summed E-state index contributed by atoms with van der Waals surface area (Å²) in [5.74, 6) is 0. The van der Waals surface area contributed by atoms with E-state index >= 15 is 0 Å².